The molecule has 0 aliphatic carbocycles. The van der Waals surface area contributed by atoms with Gasteiger partial charge in [-0.25, -0.2) is 0 Å². The molecule has 2 aromatic carbocycles. The fourth-order valence-electron chi connectivity index (χ4n) is 3.38. The number of aromatic nitrogens is 1. The van der Waals surface area contributed by atoms with Crippen molar-refractivity contribution in [1.82, 2.24) is 10.2 Å². The van der Waals surface area contributed by atoms with Gasteiger partial charge < -0.3 is 20.3 Å². The maximum atomic E-state index is 10.1. The first kappa shape index (κ1) is 17.8. The zero-order valence-electron chi connectivity index (χ0n) is 15.0. The Morgan fingerprint density at radius 1 is 1.04 bits per heavy atom. The Morgan fingerprint density at radius 3 is 2.40 bits per heavy atom. The van der Waals surface area contributed by atoms with Gasteiger partial charge in [-0.3, -0.25) is 0 Å². The van der Waals surface area contributed by atoms with Crippen LogP contribution in [0.3, 0.4) is 0 Å². The second-order valence-corrected chi connectivity index (χ2v) is 6.64. The molecule has 3 N–H and O–H groups in total. The number of nitrogens with one attached hydrogen (secondary N) is 1. The SMILES string of the molecule is CNCc1ccc2c(c1)c1ccccc1c(B(O)O)[n+]2CCN(C)C. The van der Waals surface area contributed by atoms with Gasteiger partial charge in [-0.05, 0) is 38.8 Å². The zero-order valence-corrected chi connectivity index (χ0v) is 15.0. The highest BCUT2D eigenvalue weighted by Gasteiger charge is 2.30. The second kappa shape index (κ2) is 7.50. The lowest BCUT2D eigenvalue weighted by atomic mass is 9.80. The van der Waals surface area contributed by atoms with E-state index in [4.69, 9.17) is 0 Å². The summed E-state index contributed by atoms with van der Waals surface area (Å²) in [5.41, 5.74) is 2.77. The normalized spacial score (nSPS) is 11.6. The molecule has 0 saturated carbocycles. The number of pyridine rings is 1. The molecule has 3 rings (SSSR count). The molecule has 0 aliphatic rings. The fraction of sp³-hybridized carbons (Fsp3) is 0.316. The van der Waals surface area contributed by atoms with Gasteiger partial charge >= 0.3 is 7.12 Å². The zero-order chi connectivity index (χ0) is 18.0. The van der Waals surface area contributed by atoms with Crippen LogP contribution in [0, 0.1) is 0 Å². The highest BCUT2D eigenvalue weighted by molar-refractivity contribution is 6.60. The number of rotatable bonds is 6. The second-order valence-electron chi connectivity index (χ2n) is 6.64. The van der Waals surface area contributed by atoms with Gasteiger partial charge in [0.25, 0.3) is 0 Å². The van der Waals surface area contributed by atoms with Crippen molar-refractivity contribution >= 4 is 34.4 Å². The molecule has 0 radical (unpaired) electrons. The minimum Gasteiger partial charge on any atom is -0.419 e. The lowest BCUT2D eigenvalue weighted by molar-refractivity contribution is -0.653. The van der Waals surface area contributed by atoms with Gasteiger partial charge in [0.15, 0.2) is 6.54 Å². The smallest absolute Gasteiger partial charge is 0.419 e. The van der Waals surface area contributed by atoms with Crippen molar-refractivity contribution in [3.05, 3.63) is 48.0 Å². The summed E-state index contributed by atoms with van der Waals surface area (Å²) in [5, 5.41) is 26.4. The van der Waals surface area contributed by atoms with E-state index in [0.717, 1.165) is 34.8 Å². The first-order valence-corrected chi connectivity index (χ1v) is 8.55. The molecule has 25 heavy (non-hydrogen) atoms. The minimum absolute atomic E-state index is 0.548. The fourth-order valence-corrected chi connectivity index (χ4v) is 3.38. The third-order valence-electron chi connectivity index (χ3n) is 4.53. The summed E-state index contributed by atoms with van der Waals surface area (Å²) < 4.78 is 2.03. The topological polar surface area (TPSA) is 59.6 Å². The van der Waals surface area contributed by atoms with E-state index >= 15 is 0 Å². The third-order valence-corrected chi connectivity index (χ3v) is 4.53. The molecular formula is C19H25BN3O2+. The lowest BCUT2D eigenvalue weighted by Crippen LogP contribution is -2.59. The number of nitrogens with zero attached hydrogens (tertiary/aromatic N) is 2. The molecule has 3 aromatic rings. The van der Waals surface area contributed by atoms with Crippen LogP contribution in [0.15, 0.2) is 42.5 Å². The Bertz CT molecular complexity index is 897. The molecule has 6 heteroatoms. The van der Waals surface area contributed by atoms with Crippen LogP contribution in [0.1, 0.15) is 5.56 Å². The number of benzene rings is 2. The van der Waals surface area contributed by atoms with Gasteiger partial charge in [0.2, 0.25) is 11.1 Å². The van der Waals surface area contributed by atoms with E-state index in [0.29, 0.717) is 12.1 Å². The summed E-state index contributed by atoms with van der Waals surface area (Å²) in [6.07, 6.45) is 0. The van der Waals surface area contributed by atoms with Crippen LogP contribution in [0.4, 0.5) is 0 Å². The van der Waals surface area contributed by atoms with E-state index in [1.54, 1.807) is 0 Å². The Balaban J connectivity index is 2.36. The maximum absolute atomic E-state index is 10.1. The van der Waals surface area contributed by atoms with E-state index in [-0.39, 0.29) is 0 Å². The average molecular weight is 338 g/mol. The van der Waals surface area contributed by atoms with Gasteiger partial charge in [-0.2, -0.15) is 4.57 Å². The molecule has 0 amide bonds. The van der Waals surface area contributed by atoms with E-state index in [2.05, 4.69) is 28.4 Å². The van der Waals surface area contributed by atoms with Crippen LogP contribution < -0.4 is 15.5 Å². The van der Waals surface area contributed by atoms with Crippen molar-refractivity contribution in [2.24, 2.45) is 0 Å². The Hall–Kier alpha value is -1.99. The Kier molecular flexibility index (Phi) is 5.34. The summed E-state index contributed by atoms with van der Waals surface area (Å²) in [4.78, 5) is 2.09. The molecule has 1 aromatic heterocycles. The van der Waals surface area contributed by atoms with Crippen LogP contribution >= 0.6 is 0 Å². The lowest BCUT2D eigenvalue weighted by Gasteiger charge is -2.14. The molecule has 0 fully saturated rings. The summed E-state index contributed by atoms with van der Waals surface area (Å²) in [5.74, 6) is 0. The summed E-state index contributed by atoms with van der Waals surface area (Å²) in [6.45, 7) is 2.30. The van der Waals surface area contributed by atoms with Crippen LogP contribution in [0.2, 0.25) is 0 Å². The van der Waals surface area contributed by atoms with E-state index in [1.165, 1.54) is 5.56 Å². The molecule has 1 heterocycles. The maximum Gasteiger partial charge on any atom is 0.561 e. The van der Waals surface area contributed by atoms with Crippen molar-refractivity contribution in [3.63, 3.8) is 0 Å². The quantitative estimate of drug-likeness (QED) is 0.342. The predicted octanol–water partition coefficient (Wildman–Crippen LogP) is 0.241. The summed E-state index contributed by atoms with van der Waals surface area (Å²) in [6, 6.07) is 14.3. The van der Waals surface area contributed by atoms with Crippen molar-refractivity contribution in [1.29, 1.82) is 0 Å². The number of likely N-dealkylation sites (N-methyl/N-ethyl adjacent to an activating group) is 1. The molecule has 0 spiro atoms. The van der Waals surface area contributed by atoms with Crippen molar-refractivity contribution in [2.75, 3.05) is 27.7 Å². The molecular weight excluding hydrogens is 313 g/mol. The van der Waals surface area contributed by atoms with Crippen LogP contribution in [0.5, 0.6) is 0 Å². The molecule has 0 saturated heterocycles. The van der Waals surface area contributed by atoms with Gasteiger partial charge in [0.05, 0.1) is 11.9 Å². The monoisotopic (exact) mass is 338 g/mol. The largest absolute Gasteiger partial charge is 0.561 e. The summed E-state index contributed by atoms with van der Waals surface area (Å²) in [7, 11) is 4.45. The van der Waals surface area contributed by atoms with Crippen molar-refractivity contribution in [3.8, 4) is 0 Å². The first-order valence-electron chi connectivity index (χ1n) is 8.55. The van der Waals surface area contributed by atoms with Gasteiger partial charge in [-0.15, -0.1) is 0 Å². The minimum atomic E-state index is -1.52. The van der Waals surface area contributed by atoms with Crippen LogP contribution in [-0.2, 0) is 13.1 Å². The third kappa shape index (κ3) is 3.53. The van der Waals surface area contributed by atoms with E-state index in [9.17, 15) is 10.0 Å². The standard InChI is InChI=1S/C19H25BN3O2/c1-21-13-14-8-9-18-17(12-14)15-6-4-5-7-16(15)19(20(24)25)23(18)11-10-22(2)3/h4-9,12,21,24-25H,10-11,13H2,1-3H3/q+1. The average Bonchev–Trinajstić information content (AvgIpc) is 2.59. The number of fused-ring (bicyclic) bond motifs is 3. The molecule has 0 bridgehead atoms. The summed E-state index contributed by atoms with van der Waals surface area (Å²) >= 11 is 0. The number of hydrogen-bond donors (Lipinski definition) is 3. The van der Waals surface area contributed by atoms with Gasteiger partial charge in [0.1, 0.15) is 0 Å². The van der Waals surface area contributed by atoms with E-state index in [1.807, 2.05) is 50.0 Å². The van der Waals surface area contributed by atoms with Crippen molar-refractivity contribution in [2.45, 2.75) is 13.1 Å². The highest BCUT2D eigenvalue weighted by Crippen LogP contribution is 2.23. The van der Waals surface area contributed by atoms with Crippen LogP contribution in [-0.4, -0.2) is 49.8 Å². The van der Waals surface area contributed by atoms with Gasteiger partial charge in [-0.1, -0.05) is 24.3 Å². The first-order chi connectivity index (χ1) is 12.0. The Morgan fingerprint density at radius 2 is 1.76 bits per heavy atom. The Labute approximate surface area is 148 Å². The molecule has 0 aliphatic heterocycles. The van der Waals surface area contributed by atoms with Crippen molar-refractivity contribution < 1.29 is 14.6 Å². The molecule has 5 nitrogen and oxygen atoms in total. The predicted molar refractivity (Wildman–Crippen MR) is 103 cm³/mol. The van der Waals surface area contributed by atoms with Crippen LogP contribution in [0.25, 0.3) is 21.7 Å². The van der Waals surface area contributed by atoms with Gasteiger partial charge in [0, 0.05) is 23.4 Å². The van der Waals surface area contributed by atoms with E-state index < -0.39 is 7.12 Å². The highest BCUT2D eigenvalue weighted by atomic mass is 16.4. The molecule has 0 atom stereocenters. The number of hydrogen-bond acceptors (Lipinski definition) is 4. The molecule has 0 unspecified atom stereocenters. The molecule has 130 valence electrons.